The molecule has 0 aliphatic carbocycles. The topological polar surface area (TPSA) is 132 Å². The van der Waals surface area contributed by atoms with Gasteiger partial charge in [-0.25, -0.2) is 9.97 Å². The first-order valence-electron chi connectivity index (χ1n) is 6.99. The molecular weight excluding hydrogens is 346 g/mol. The lowest BCUT2D eigenvalue weighted by atomic mass is 10.2. The van der Waals surface area contributed by atoms with E-state index < -0.39 is 10.6 Å². The fourth-order valence-corrected chi connectivity index (χ4v) is 2.36. The van der Waals surface area contributed by atoms with Gasteiger partial charge < -0.3 is 10.2 Å². The molecule has 0 aliphatic heterocycles. The summed E-state index contributed by atoms with van der Waals surface area (Å²) in [7, 11) is 0. The Morgan fingerprint density at radius 3 is 2.56 bits per heavy atom. The molecule has 25 heavy (non-hydrogen) atoms. The highest BCUT2D eigenvalue weighted by molar-refractivity contribution is 6.30. The summed E-state index contributed by atoms with van der Waals surface area (Å²) in [5.41, 5.74) is 0.944. The second-order valence-corrected chi connectivity index (χ2v) is 5.34. The number of anilines is 3. The second-order valence-electron chi connectivity index (χ2n) is 4.91. The van der Waals surface area contributed by atoms with Gasteiger partial charge in [0.25, 0.3) is 0 Å². The molecule has 0 fully saturated rings. The number of nitrogens with zero attached hydrogens (tertiary/aromatic N) is 6. The van der Waals surface area contributed by atoms with E-state index in [2.05, 4.69) is 15.3 Å². The van der Waals surface area contributed by atoms with Gasteiger partial charge in [-0.15, -0.1) is 0 Å². The van der Waals surface area contributed by atoms with E-state index in [1.165, 1.54) is 4.90 Å². The molecule has 0 saturated carbocycles. The van der Waals surface area contributed by atoms with Crippen LogP contribution in [0.4, 0.5) is 23.0 Å². The molecule has 10 heteroatoms. The van der Waals surface area contributed by atoms with Crippen molar-refractivity contribution in [1.82, 2.24) is 9.97 Å². The molecule has 0 unspecified atom stereocenters. The molecular formula is C15H12ClN7O2. The quantitative estimate of drug-likeness (QED) is 0.474. The Morgan fingerprint density at radius 1 is 1.32 bits per heavy atom. The van der Waals surface area contributed by atoms with Crippen molar-refractivity contribution >= 4 is 34.6 Å². The van der Waals surface area contributed by atoms with Gasteiger partial charge in [-0.05, 0) is 30.7 Å². The molecule has 0 spiro atoms. The predicted molar refractivity (Wildman–Crippen MR) is 91.6 cm³/mol. The summed E-state index contributed by atoms with van der Waals surface area (Å²) in [5, 5.41) is 32.7. The Kier molecular flexibility index (Phi) is 5.66. The van der Waals surface area contributed by atoms with Gasteiger partial charge >= 0.3 is 5.69 Å². The lowest BCUT2D eigenvalue weighted by molar-refractivity contribution is -0.383. The number of aromatic nitrogens is 2. The molecule has 0 amide bonds. The average molecular weight is 358 g/mol. The van der Waals surface area contributed by atoms with Gasteiger partial charge in [0.05, 0.1) is 17.1 Å². The zero-order chi connectivity index (χ0) is 18.4. The number of nitriles is 2. The van der Waals surface area contributed by atoms with E-state index in [0.717, 1.165) is 11.9 Å². The summed E-state index contributed by atoms with van der Waals surface area (Å²) < 4.78 is 0. The predicted octanol–water partition coefficient (Wildman–Crippen LogP) is 2.94. The summed E-state index contributed by atoms with van der Waals surface area (Å²) >= 11 is 5.91. The molecule has 2 rings (SSSR count). The fourth-order valence-electron chi connectivity index (χ4n) is 2.13. The number of nitrogens with one attached hydrogen (secondary N) is 1. The van der Waals surface area contributed by atoms with Gasteiger partial charge in [-0.3, -0.25) is 10.1 Å². The smallest absolute Gasteiger partial charge is 0.334 e. The summed E-state index contributed by atoms with van der Waals surface area (Å²) in [6.45, 7) is 1.36. The third kappa shape index (κ3) is 4.10. The Balaban J connectivity index is 2.52. The van der Waals surface area contributed by atoms with Crippen LogP contribution in [0.2, 0.25) is 5.02 Å². The normalized spacial score (nSPS) is 9.76. The first-order chi connectivity index (χ1) is 12.0. The van der Waals surface area contributed by atoms with E-state index >= 15 is 0 Å². The molecule has 0 aliphatic rings. The van der Waals surface area contributed by atoms with Crippen molar-refractivity contribution in [1.29, 1.82) is 10.5 Å². The maximum absolute atomic E-state index is 11.6. The molecule has 0 atom stereocenters. The number of halogens is 1. The molecule has 1 N–H and O–H groups in total. The largest absolute Gasteiger partial charge is 0.353 e. The van der Waals surface area contributed by atoms with E-state index in [0.29, 0.717) is 10.7 Å². The second kappa shape index (κ2) is 7.90. The Hall–Kier alpha value is -3.43. The Labute approximate surface area is 148 Å². The number of nitro groups is 1. The van der Waals surface area contributed by atoms with Gasteiger partial charge in [0, 0.05) is 10.7 Å². The molecule has 1 heterocycles. The molecule has 0 radical (unpaired) electrons. The van der Waals surface area contributed by atoms with E-state index in [4.69, 9.17) is 22.1 Å². The number of hydrogen-bond donors (Lipinski definition) is 1. The third-order valence-electron chi connectivity index (χ3n) is 3.25. The standard InChI is InChI=1S/C15H12ClN7O2/c1-10-8-11(16)2-3-12(10)21-14-13(23(24)25)15(20-9-19-14)22(6-4-17)7-5-18/h2-3,8-9H,6-7H2,1H3,(H,19,20,21). The molecule has 2 aromatic rings. The minimum atomic E-state index is -0.648. The van der Waals surface area contributed by atoms with Gasteiger partial charge in [-0.2, -0.15) is 10.5 Å². The number of aryl methyl sites for hydroxylation is 1. The molecule has 1 aromatic heterocycles. The molecule has 1 aromatic carbocycles. The number of rotatable bonds is 6. The summed E-state index contributed by atoms with van der Waals surface area (Å²) in [6, 6.07) is 8.73. The maximum atomic E-state index is 11.6. The van der Waals surface area contributed by atoms with Crippen LogP contribution in [0.3, 0.4) is 0 Å². The van der Waals surface area contributed by atoms with Crippen molar-refractivity contribution in [2.75, 3.05) is 23.3 Å². The highest BCUT2D eigenvalue weighted by atomic mass is 35.5. The first-order valence-corrected chi connectivity index (χ1v) is 7.37. The van der Waals surface area contributed by atoms with Crippen LogP contribution in [0.25, 0.3) is 0 Å². The maximum Gasteiger partial charge on any atom is 0.353 e. The minimum absolute atomic E-state index is 0.0405. The van der Waals surface area contributed by atoms with Crippen LogP contribution in [-0.4, -0.2) is 28.0 Å². The molecule has 9 nitrogen and oxygen atoms in total. The number of hydrogen-bond acceptors (Lipinski definition) is 8. The zero-order valence-corrected chi connectivity index (χ0v) is 13.9. The van der Waals surface area contributed by atoms with Crippen molar-refractivity contribution in [2.45, 2.75) is 6.92 Å². The van der Waals surface area contributed by atoms with Crippen LogP contribution in [0.1, 0.15) is 5.56 Å². The van der Waals surface area contributed by atoms with Crippen LogP contribution in [0.5, 0.6) is 0 Å². The van der Waals surface area contributed by atoms with Gasteiger partial charge in [0.1, 0.15) is 19.4 Å². The lowest BCUT2D eigenvalue weighted by Gasteiger charge is -2.18. The monoisotopic (exact) mass is 357 g/mol. The SMILES string of the molecule is Cc1cc(Cl)ccc1Nc1ncnc(N(CC#N)CC#N)c1[N+](=O)[O-]. The van der Waals surface area contributed by atoms with Crippen molar-refractivity contribution in [3.05, 3.63) is 45.2 Å². The van der Waals surface area contributed by atoms with E-state index in [1.807, 2.05) is 12.1 Å². The van der Waals surface area contributed by atoms with E-state index in [9.17, 15) is 10.1 Å². The van der Waals surface area contributed by atoms with Crippen molar-refractivity contribution in [2.24, 2.45) is 0 Å². The fraction of sp³-hybridized carbons (Fsp3) is 0.200. The van der Waals surface area contributed by atoms with E-state index in [-0.39, 0.29) is 24.7 Å². The van der Waals surface area contributed by atoms with Gasteiger partial charge in [-0.1, -0.05) is 11.6 Å². The Bertz CT molecular complexity index is 872. The highest BCUT2D eigenvalue weighted by Gasteiger charge is 2.27. The van der Waals surface area contributed by atoms with Crippen LogP contribution in [0.15, 0.2) is 24.5 Å². The number of benzene rings is 1. The average Bonchev–Trinajstić information content (AvgIpc) is 2.57. The molecule has 126 valence electrons. The van der Waals surface area contributed by atoms with Crippen LogP contribution in [0, 0.1) is 39.7 Å². The van der Waals surface area contributed by atoms with E-state index in [1.54, 1.807) is 25.1 Å². The third-order valence-corrected chi connectivity index (χ3v) is 3.48. The minimum Gasteiger partial charge on any atom is -0.334 e. The molecule has 0 saturated heterocycles. The van der Waals surface area contributed by atoms with Crippen LogP contribution < -0.4 is 10.2 Å². The van der Waals surface area contributed by atoms with Crippen molar-refractivity contribution in [3.63, 3.8) is 0 Å². The lowest BCUT2D eigenvalue weighted by Crippen LogP contribution is -2.26. The Morgan fingerprint density at radius 2 is 2.00 bits per heavy atom. The van der Waals surface area contributed by atoms with Crippen LogP contribution in [-0.2, 0) is 0 Å². The van der Waals surface area contributed by atoms with Crippen molar-refractivity contribution in [3.8, 4) is 12.1 Å². The highest BCUT2D eigenvalue weighted by Crippen LogP contribution is 2.34. The van der Waals surface area contributed by atoms with Gasteiger partial charge in [0.15, 0.2) is 0 Å². The summed E-state index contributed by atoms with van der Waals surface area (Å²) in [4.78, 5) is 19.9. The van der Waals surface area contributed by atoms with Crippen LogP contribution >= 0.6 is 11.6 Å². The summed E-state index contributed by atoms with van der Waals surface area (Å²) in [5.74, 6) is -0.140. The first kappa shape index (κ1) is 17.9. The summed E-state index contributed by atoms with van der Waals surface area (Å²) in [6.07, 6.45) is 1.14. The molecule has 0 bridgehead atoms. The zero-order valence-electron chi connectivity index (χ0n) is 13.1. The van der Waals surface area contributed by atoms with Gasteiger partial charge in [0.2, 0.25) is 11.6 Å². The van der Waals surface area contributed by atoms with Crippen molar-refractivity contribution < 1.29 is 4.92 Å².